The van der Waals surface area contributed by atoms with E-state index in [0.717, 1.165) is 11.6 Å². The molecule has 0 unspecified atom stereocenters. The van der Waals surface area contributed by atoms with Crippen LogP contribution in [0.4, 0.5) is 17.1 Å². The molecule has 2 aromatic carbocycles. The maximum absolute atomic E-state index is 11.9. The highest BCUT2D eigenvalue weighted by Crippen LogP contribution is 2.26. The molecule has 0 atom stereocenters. The van der Waals surface area contributed by atoms with Gasteiger partial charge in [0.1, 0.15) is 0 Å². The largest absolute Gasteiger partial charge is 0.318 e. The molecular weight excluding hydrogens is 357 g/mol. The number of aryl methyl sites for hydroxylation is 1. The van der Waals surface area contributed by atoms with Gasteiger partial charge in [0.15, 0.2) is 0 Å². The van der Waals surface area contributed by atoms with Gasteiger partial charge in [-0.3, -0.25) is 19.7 Å². The van der Waals surface area contributed by atoms with Crippen LogP contribution in [0.15, 0.2) is 36.4 Å². The van der Waals surface area contributed by atoms with E-state index in [1.807, 2.05) is 0 Å². The molecule has 9 heteroatoms. The summed E-state index contributed by atoms with van der Waals surface area (Å²) in [6.45, 7) is 1.80. The zero-order valence-electron chi connectivity index (χ0n) is 12.3. The number of carbonyl (C=O) groups excluding carboxylic acids is 2. The van der Waals surface area contributed by atoms with Gasteiger partial charge in [0.2, 0.25) is 0 Å². The standard InChI is InChI=1S/C15H11Cl2N3O4/c1-8-2-3-9(6-12(8)17)18-14(21)15(22)19-13-7-10(20(23)24)4-5-11(13)16/h2-7H,1H3,(H,18,21)(H,19,22). The molecular formula is C15H11Cl2N3O4. The number of nitrogens with one attached hydrogen (secondary N) is 2. The number of non-ortho nitro benzene ring substituents is 1. The Morgan fingerprint density at radius 2 is 1.67 bits per heavy atom. The topological polar surface area (TPSA) is 101 Å². The van der Waals surface area contributed by atoms with E-state index in [2.05, 4.69) is 10.6 Å². The van der Waals surface area contributed by atoms with Crippen LogP contribution in [-0.4, -0.2) is 16.7 Å². The van der Waals surface area contributed by atoms with Crippen molar-refractivity contribution >= 4 is 52.1 Å². The third kappa shape index (κ3) is 4.21. The molecule has 0 radical (unpaired) electrons. The summed E-state index contributed by atoms with van der Waals surface area (Å²) < 4.78 is 0. The molecule has 0 heterocycles. The number of benzene rings is 2. The first-order valence-corrected chi connectivity index (χ1v) is 7.36. The van der Waals surface area contributed by atoms with Crippen molar-refractivity contribution in [3.8, 4) is 0 Å². The molecule has 0 saturated carbocycles. The van der Waals surface area contributed by atoms with Crippen LogP contribution in [0.1, 0.15) is 5.56 Å². The SMILES string of the molecule is Cc1ccc(NC(=O)C(=O)Nc2cc([N+](=O)[O-])ccc2Cl)cc1Cl. The molecule has 2 rings (SSSR count). The molecule has 0 aromatic heterocycles. The Kier molecular flexibility index (Phi) is 5.38. The van der Waals surface area contributed by atoms with Crippen LogP contribution in [0.3, 0.4) is 0 Å². The first-order chi connectivity index (χ1) is 11.3. The Balaban J connectivity index is 2.11. The van der Waals surface area contributed by atoms with Crippen molar-refractivity contribution in [3.63, 3.8) is 0 Å². The summed E-state index contributed by atoms with van der Waals surface area (Å²) in [4.78, 5) is 33.9. The number of hydrogen-bond donors (Lipinski definition) is 2. The van der Waals surface area contributed by atoms with Crippen LogP contribution in [-0.2, 0) is 9.59 Å². The summed E-state index contributed by atoms with van der Waals surface area (Å²) in [6, 6.07) is 8.29. The summed E-state index contributed by atoms with van der Waals surface area (Å²) in [7, 11) is 0. The lowest BCUT2D eigenvalue weighted by atomic mass is 10.2. The Hall–Kier alpha value is -2.64. The molecule has 2 amide bonds. The van der Waals surface area contributed by atoms with Crippen molar-refractivity contribution in [2.45, 2.75) is 6.92 Å². The average Bonchev–Trinajstić information content (AvgIpc) is 2.52. The maximum Gasteiger partial charge on any atom is 0.314 e. The van der Waals surface area contributed by atoms with Crippen LogP contribution in [0.5, 0.6) is 0 Å². The molecule has 0 aliphatic carbocycles. The zero-order chi connectivity index (χ0) is 17.9. The third-order valence-electron chi connectivity index (χ3n) is 3.04. The van der Waals surface area contributed by atoms with Crippen molar-refractivity contribution in [1.82, 2.24) is 0 Å². The molecule has 0 aliphatic heterocycles. The van der Waals surface area contributed by atoms with E-state index in [1.165, 1.54) is 18.2 Å². The normalized spacial score (nSPS) is 10.1. The van der Waals surface area contributed by atoms with E-state index in [0.29, 0.717) is 10.7 Å². The minimum Gasteiger partial charge on any atom is -0.318 e. The van der Waals surface area contributed by atoms with E-state index in [-0.39, 0.29) is 16.4 Å². The van der Waals surface area contributed by atoms with Crippen LogP contribution in [0, 0.1) is 17.0 Å². The number of halogens is 2. The number of nitrogens with zero attached hydrogens (tertiary/aromatic N) is 1. The molecule has 0 bridgehead atoms. The molecule has 0 saturated heterocycles. The lowest BCUT2D eigenvalue weighted by Gasteiger charge is -2.08. The molecule has 2 aromatic rings. The Morgan fingerprint density at radius 1 is 1.00 bits per heavy atom. The van der Waals surface area contributed by atoms with Crippen LogP contribution >= 0.6 is 23.2 Å². The maximum atomic E-state index is 11.9. The summed E-state index contributed by atoms with van der Waals surface area (Å²) in [5.41, 5.74) is 0.867. The Bertz CT molecular complexity index is 839. The van der Waals surface area contributed by atoms with Gasteiger partial charge in [-0.05, 0) is 30.7 Å². The van der Waals surface area contributed by atoms with Gasteiger partial charge in [0, 0.05) is 22.8 Å². The van der Waals surface area contributed by atoms with E-state index in [9.17, 15) is 19.7 Å². The van der Waals surface area contributed by atoms with Crippen LogP contribution in [0.2, 0.25) is 10.0 Å². The minimum atomic E-state index is -1.02. The van der Waals surface area contributed by atoms with Crippen molar-refractivity contribution in [3.05, 3.63) is 62.1 Å². The van der Waals surface area contributed by atoms with Crippen LogP contribution in [0.25, 0.3) is 0 Å². The lowest BCUT2D eigenvalue weighted by molar-refractivity contribution is -0.384. The van der Waals surface area contributed by atoms with Crippen molar-refractivity contribution in [2.75, 3.05) is 10.6 Å². The second-order valence-corrected chi connectivity index (χ2v) is 5.61. The fourth-order valence-corrected chi connectivity index (χ4v) is 2.11. The van der Waals surface area contributed by atoms with Gasteiger partial charge in [-0.2, -0.15) is 0 Å². The van der Waals surface area contributed by atoms with Crippen molar-refractivity contribution in [1.29, 1.82) is 0 Å². The molecule has 124 valence electrons. The number of anilines is 2. The number of nitro groups is 1. The van der Waals surface area contributed by atoms with Crippen molar-refractivity contribution in [2.24, 2.45) is 0 Å². The first-order valence-electron chi connectivity index (χ1n) is 6.60. The van der Waals surface area contributed by atoms with Crippen molar-refractivity contribution < 1.29 is 14.5 Å². The van der Waals surface area contributed by atoms with Gasteiger partial charge < -0.3 is 10.6 Å². The minimum absolute atomic E-state index is 0.0343. The number of hydrogen-bond acceptors (Lipinski definition) is 4. The second kappa shape index (κ2) is 7.29. The number of nitro benzene ring substituents is 1. The van der Waals surface area contributed by atoms with Gasteiger partial charge in [-0.15, -0.1) is 0 Å². The lowest BCUT2D eigenvalue weighted by Crippen LogP contribution is -2.29. The fraction of sp³-hybridized carbons (Fsp3) is 0.0667. The molecule has 2 N–H and O–H groups in total. The fourth-order valence-electron chi connectivity index (χ4n) is 1.76. The Labute approximate surface area is 146 Å². The van der Waals surface area contributed by atoms with E-state index in [1.54, 1.807) is 19.1 Å². The molecule has 0 fully saturated rings. The molecule has 0 aliphatic rings. The van der Waals surface area contributed by atoms with Crippen LogP contribution < -0.4 is 10.6 Å². The zero-order valence-corrected chi connectivity index (χ0v) is 13.8. The summed E-state index contributed by atoms with van der Waals surface area (Å²) in [5, 5.41) is 15.9. The van der Waals surface area contributed by atoms with Gasteiger partial charge in [-0.25, -0.2) is 0 Å². The predicted molar refractivity (Wildman–Crippen MR) is 91.6 cm³/mol. The van der Waals surface area contributed by atoms with Gasteiger partial charge in [0.05, 0.1) is 15.6 Å². The van der Waals surface area contributed by atoms with Gasteiger partial charge >= 0.3 is 11.8 Å². The predicted octanol–water partition coefficient (Wildman–Crippen LogP) is 3.79. The summed E-state index contributed by atoms with van der Waals surface area (Å²) >= 11 is 11.8. The highest BCUT2D eigenvalue weighted by atomic mass is 35.5. The number of carbonyl (C=O) groups is 2. The molecule has 24 heavy (non-hydrogen) atoms. The highest BCUT2D eigenvalue weighted by molar-refractivity contribution is 6.45. The molecule has 0 spiro atoms. The monoisotopic (exact) mass is 367 g/mol. The average molecular weight is 368 g/mol. The van der Waals surface area contributed by atoms with E-state index >= 15 is 0 Å². The van der Waals surface area contributed by atoms with E-state index in [4.69, 9.17) is 23.2 Å². The van der Waals surface area contributed by atoms with Gasteiger partial charge in [0.25, 0.3) is 5.69 Å². The third-order valence-corrected chi connectivity index (χ3v) is 3.78. The Morgan fingerprint density at radius 3 is 2.29 bits per heavy atom. The highest BCUT2D eigenvalue weighted by Gasteiger charge is 2.18. The quantitative estimate of drug-likeness (QED) is 0.489. The number of rotatable bonds is 3. The first kappa shape index (κ1) is 17.7. The molecule has 7 nitrogen and oxygen atoms in total. The number of amides is 2. The van der Waals surface area contributed by atoms with E-state index < -0.39 is 16.7 Å². The summed E-state index contributed by atoms with van der Waals surface area (Å²) in [6.07, 6.45) is 0. The smallest absolute Gasteiger partial charge is 0.314 e. The van der Waals surface area contributed by atoms with Gasteiger partial charge in [-0.1, -0.05) is 29.3 Å². The second-order valence-electron chi connectivity index (χ2n) is 4.79. The summed E-state index contributed by atoms with van der Waals surface area (Å²) in [5.74, 6) is -1.98.